The Balaban J connectivity index is 1.45. The zero-order chi connectivity index (χ0) is 25.5. The molecule has 190 valence electrons. The van der Waals surface area contributed by atoms with Crippen LogP contribution in [0.3, 0.4) is 0 Å². The Hall–Kier alpha value is -2.87. The standard InChI is InChI=1S/C28H30ClNO5S/c1-34-28(31)18-22-9-12-27(35-20-21-7-10-24(29)11-8-21)23(17-22)19-30-15-13-26(14-16-30)36(32,33)25-5-3-2-4-6-25/h2-12,17,26H,13-16,18-20H2,1H3. The molecule has 6 nitrogen and oxygen atoms in total. The average Bonchev–Trinajstić information content (AvgIpc) is 2.90. The minimum Gasteiger partial charge on any atom is -0.489 e. The summed E-state index contributed by atoms with van der Waals surface area (Å²) in [4.78, 5) is 14.4. The maximum Gasteiger partial charge on any atom is 0.309 e. The molecule has 36 heavy (non-hydrogen) atoms. The number of ether oxygens (including phenoxy) is 2. The van der Waals surface area contributed by atoms with Gasteiger partial charge in [-0.05, 0) is 67.4 Å². The van der Waals surface area contributed by atoms with Gasteiger partial charge in [-0.3, -0.25) is 9.69 Å². The maximum absolute atomic E-state index is 13.0. The van der Waals surface area contributed by atoms with Crippen LogP contribution in [0.15, 0.2) is 77.7 Å². The molecule has 1 aliphatic rings. The Morgan fingerprint density at radius 3 is 2.31 bits per heavy atom. The SMILES string of the molecule is COC(=O)Cc1ccc(OCc2ccc(Cl)cc2)c(CN2CCC(S(=O)(=O)c3ccccc3)CC2)c1. The van der Waals surface area contributed by atoms with Crippen LogP contribution in [-0.4, -0.2) is 44.7 Å². The molecule has 0 atom stereocenters. The maximum atomic E-state index is 13.0. The molecule has 0 radical (unpaired) electrons. The monoisotopic (exact) mass is 527 g/mol. The number of carbonyl (C=O) groups is 1. The van der Waals surface area contributed by atoms with Crippen molar-refractivity contribution in [2.45, 2.75) is 42.6 Å². The van der Waals surface area contributed by atoms with Crippen molar-refractivity contribution in [2.24, 2.45) is 0 Å². The highest BCUT2D eigenvalue weighted by molar-refractivity contribution is 7.92. The van der Waals surface area contributed by atoms with E-state index in [1.165, 1.54) is 7.11 Å². The Morgan fingerprint density at radius 2 is 1.64 bits per heavy atom. The van der Waals surface area contributed by atoms with E-state index in [1.807, 2.05) is 48.5 Å². The van der Waals surface area contributed by atoms with Gasteiger partial charge < -0.3 is 9.47 Å². The van der Waals surface area contributed by atoms with E-state index in [4.69, 9.17) is 21.1 Å². The molecule has 3 aromatic carbocycles. The molecule has 0 aromatic heterocycles. The largest absolute Gasteiger partial charge is 0.489 e. The van der Waals surface area contributed by atoms with E-state index in [-0.39, 0.29) is 17.6 Å². The average molecular weight is 528 g/mol. The zero-order valence-corrected chi connectivity index (χ0v) is 21.8. The lowest BCUT2D eigenvalue weighted by molar-refractivity contribution is -0.139. The highest BCUT2D eigenvalue weighted by atomic mass is 35.5. The van der Waals surface area contributed by atoms with Crippen molar-refractivity contribution in [1.29, 1.82) is 0 Å². The third-order valence-corrected chi connectivity index (χ3v) is 8.98. The Labute approximate surface area is 217 Å². The highest BCUT2D eigenvalue weighted by Crippen LogP contribution is 2.28. The Bertz CT molecular complexity index is 1270. The third-order valence-electron chi connectivity index (χ3n) is 6.45. The van der Waals surface area contributed by atoms with E-state index in [9.17, 15) is 13.2 Å². The van der Waals surface area contributed by atoms with Crippen molar-refractivity contribution in [2.75, 3.05) is 20.2 Å². The summed E-state index contributed by atoms with van der Waals surface area (Å²) in [5, 5.41) is 0.284. The van der Waals surface area contributed by atoms with Crippen molar-refractivity contribution < 1.29 is 22.7 Å². The molecular formula is C28H30ClNO5S. The van der Waals surface area contributed by atoms with Crippen LogP contribution in [0.5, 0.6) is 5.75 Å². The van der Waals surface area contributed by atoms with Crippen LogP contribution in [0.25, 0.3) is 0 Å². The number of nitrogens with zero attached hydrogens (tertiary/aromatic N) is 1. The summed E-state index contributed by atoms with van der Waals surface area (Å²) >= 11 is 5.98. The summed E-state index contributed by atoms with van der Waals surface area (Å²) in [7, 11) is -1.97. The number of sulfone groups is 1. The van der Waals surface area contributed by atoms with E-state index in [2.05, 4.69) is 4.90 Å². The van der Waals surface area contributed by atoms with Crippen LogP contribution in [0.1, 0.15) is 29.5 Å². The second-order valence-corrected chi connectivity index (χ2v) is 11.6. The summed E-state index contributed by atoms with van der Waals surface area (Å²) < 4.78 is 37.0. The number of hydrogen-bond acceptors (Lipinski definition) is 6. The van der Waals surface area contributed by atoms with Crippen LogP contribution >= 0.6 is 11.6 Å². The third kappa shape index (κ3) is 6.66. The van der Waals surface area contributed by atoms with Crippen LogP contribution < -0.4 is 4.74 Å². The lowest BCUT2D eigenvalue weighted by Crippen LogP contribution is -2.39. The minimum atomic E-state index is -3.34. The molecule has 1 aliphatic heterocycles. The van der Waals surface area contributed by atoms with E-state index >= 15 is 0 Å². The zero-order valence-electron chi connectivity index (χ0n) is 20.2. The van der Waals surface area contributed by atoms with Crippen LogP contribution in [-0.2, 0) is 38.9 Å². The molecule has 1 fully saturated rings. The topological polar surface area (TPSA) is 72.9 Å². The van der Waals surface area contributed by atoms with Crippen molar-refractivity contribution in [3.05, 3.63) is 94.5 Å². The first-order valence-electron chi connectivity index (χ1n) is 11.9. The summed E-state index contributed by atoms with van der Waals surface area (Å²) in [6.07, 6.45) is 1.32. The first-order valence-corrected chi connectivity index (χ1v) is 13.8. The molecule has 3 aromatic rings. The van der Waals surface area contributed by atoms with Gasteiger partial charge >= 0.3 is 5.97 Å². The number of methoxy groups -OCH3 is 1. The number of halogens is 1. The predicted octanol–water partition coefficient (Wildman–Crippen LogP) is 5.07. The lowest BCUT2D eigenvalue weighted by atomic mass is 10.0. The summed E-state index contributed by atoms with van der Waals surface area (Å²) in [5.74, 6) is 0.431. The number of hydrogen-bond donors (Lipinski definition) is 0. The molecule has 8 heteroatoms. The predicted molar refractivity (Wildman–Crippen MR) is 140 cm³/mol. The molecule has 0 aliphatic carbocycles. The van der Waals surface area contributed by atoms with Gasteiger partial charge in [-0.2, -0.15) is 0 Å². The first-order chi connectivity index (χ1) is 17.3. The second-order valence-electron chi connectivity index (χ2n) is 8.94. The van der Waals surface area contributed by atoms with Gasteiger partial charge in [-0.1, -0.05) is 54.1 Å². The molecule has 1 saturated heterocycles. The van der Waals surface area contributed by atoms with Gasteiger partial charge in [0.25, 0.3) is 0 Å². The lowest BCUT2D eigenvalue weighted by Gasteiger charge is -2.32. The fourth-order valence-corrected chi connectivity index (χ4v) is 6.29. The molecule has 1 heterocycles. The summed E-state index contributed by atoms with van der Waals surface area (Å²) in [6.45, 7) is 2.31. The first kappa shape index (κ1) is 26.2. The van der Waals surface area contributed by atoms with E-state index in [0.717, 1.165) is 22.4 Å². The number of carbonyl (C=O) groups excluding carboxylic acids is 1. The fourth-order valence-electron chi connectivity index (χ4n) is 4.41. The number of esters is 1. The normalized spacial score (nSPS) is 14.9. The number of benzene rings is 3. The van der Waals surface area contributed by atoms with Crippen molar-refractivity contribution in [1.82, 2.24) is 4.90 Å². The van der Waals surface area contributed by atoms with Gasteiger partial charge in [-0.25, -0.2) is 8.42 Å². The van der Waals surface area contributed by atoms with Gasteiger partial charge in [0.05, 0.1) is 23.7 Å². The van der Waals surface area contributed by atoms with E-state index in [1.54, 1.807) is 24.3 Å². The molecule has 0 bridgehead atoms. The van der Waals surface area contributed by atoms with E-state index in [0.29, 0.717) is 49.0 Å². The number of likely N-dealkylation sites (tertiary alicyclic amines) is 1. The highest BCUT2D eigenvalue weighted by Gasteiger charge is 2.31. The van der Waals surface area contributed by atoms with Crippen molar-refractivity contribution in [3.63, 3.8) is 0 Å². The number of rotatable bonds is 9. The molecule has 0 spiro atoms. The van der Waals surface area contributed by atoms with Crippen LogP contribution in [0, 0.1) is 0 Å². The van der Waals surface area contributed by atoms with E-state index < -0.39 is 9.84 Å². The fraction of sp³-hybridized carbons (Fsp3) is 0.321. The second kappa shape index (κ2) is 11.9. The summed E-state index contributed by atoms with van der Waals surface area (Å²) in [5.41, 5.74) is 2.79. The van der Waals surface area contributed by atoms with Gasteiger partial charge in [0.15, 0.2) is 9.84 Å². The smallest absolute Gasteiger partial charge is 0.309 e. The van der Waals surface area contributed by atoms with Gasteiger partial charge in [0.2, 0.25) is 0 Å². The molecule has 0 amide bonds. The van der Waals surface area contributed by atoms with Crippen molar-refractivity contribution >= 4 is 27.4 Å². The Kier molecular flexibility index (Phi) is 8.67. The minimum absolute atomic E-state index is 0.179. The summed E-state index contributed by atoms with van der Waals surface area (Å²) in [6, 6.07) is 21.9. The van der Waals surface area contributed by atoms with Crippen LogP contribution in [0.4, 0.5) is 0 Å². The molecular weight excluding hydrogens is 498 g/mol. The quantitative estimate of drug-likeness (QED) is 0.362. The van der Waals surface area contributed by atoms with Gasteiger partial charge in [0.1, 0.15) is 12.4 Å². The molecule has 0 N–H and O–H groups in total. The van der Waals surface area contributed by atoms with Gasteiger partial charge in [0, 0.05) is 17.1 Å². The van der Waals surface area contributed by atoms with Crippen molar-refractivity contribution in [3.8, 4) is 5.75 Å². The Morgan fingerprint density at radius 1 is 0.972 bits per heavy atom. The molecule has 0 unspecified atom stereocenters. The van der Waals surface area contributed by atoms with Gasteiger partial charge in [-0.15, -0.1) is 0 Å². The van der Waals surface area contributed by atoms with Crippen LogP contribution in [0.2, 0.25) is 5.02 Å². The molecule has 0 saturated carbocycles. The number of piperidine rings is 1. The molecule has 4 rings (SSSR count).